The number of sulfonamides is 1. The maximum atomic E-state index is 12.2. The van der Waals surface area contributed by atoms with Gasteiger partial charge in [0.25, 0.3) is 0 Å². The molecule has 0 amide bonds. The van der Waals surface area contributed by atoms with Crippen LogP contribution in [0.4, 0.5) is 0 Å². The van der Waals surface area contributed by atoms with E-state index in [1.54, 1.807) is 12.3 Å². The van der Waals surface area contributed by atoms with Crippen molar-refractivity contribution in [3.05, 3.63) is 58.4 Å². The molecule has 0 aliphatic carbocycles. The van der Waals surface area contributed by atoms with Gasteiger partial charge in [-0.3, -0.25) is 4.98 Å². The van der Waals surface area contributed by atoms with Gasteiger partial charge in [0.1, 0.15) is 6.07 Å². The third-order valence-electron chi connectivity index (χ3n) is 2.81. The number of benzene rings is 1. The van der Waals surface area contributed by atoms with E-state index < -0.39 is 10.0 Å². The van der Waals surface area contributed by atoms with E-state index >= 15 is 0 Å². The molecule has 108 valence electrons. The highest BCUT2D eigenvalue weighted by atomic mass is 35.5. The van der Waals surface area contributed by atoms with Crippen LogP contribution in [-0.2, 0) is 16.6 Å². The van der Waals surface area contributed by atoms with Gasteiger partial charge in [0, 0.05) is 18.4 Å². The highest BCUT2D eigenvalue weighted by molar-refractivity contribution is 7.89. The highest BCUT2D eigenvalue weighted by Crippen LogP contribution is 2.20. The number of rotatable bonds is 4. The molecule has 0 saturated heterocycles. The smallest absolute Gasteiger partial charge is 0.240 e. The van der Waals surface area contributed by atoms with Crippen molar-refractivity contribution in [1.82, 2.24) is 9.71 Å². The maximum absolute atomic E-state index is 12.2. The first-order chi connectivity index (χ1) is 9.92. The fourth-order valence-corrected chi connectivity index (χ4v) is 2.95. The van der Waals surface area contributed by atoms with Crippen molar-refractivity contribution in [3.8, 4) is 6.07 Å². The van der Waals surface area contributed by atoms with Crippen LogP contribution in [0, 0.1) is 18.3 Å². The molecule has 0 fully saturated rings. The normalized spacial score (nSPS) is 11.1. The fourth-order valence-electron chi connectivity index (χ4n) is 1.62. The molecule has 1 aromatic carbocycles. The third-order valence-corrected chi connectivity index (χ3v) is 4.52. The number of nitriles is 1. The summed E-state index contributed by atoms with van der Waals surface area (Å²) in [7, 11) is -3.69. The Hall–Kier alpha value is -1.94. The Labute approximate surface area is 128 Å². The van der Waals surface area contributed by atoms with E-state index in [2.05, 4.69) is 9.71 Å². The Bertz CT molecular complexity index is 796. The lowest BCUT2D eigenvalue weighted by atomic mass is 10.2. The zero-order valence-corrected chi connectivity index (χ0v) is 12.7. The van der Waals surface area contributed by atoms with Gasteiger partial charge in [-0.05, 0) is 36.8 Å². The molecule has 2 aromatic rings. The summed E-state index contributed by atoms with van der Waals surface area (Å²) < 4.78 is 26.8. The average Bonchev–Trinajstić information content (AvgIpc) is 2.46. The fraction of sp³-hybridized carbons (Fsp3) is 0.143. The summed E-state index contributed by atoms with van der Waals surface area (Å²) in [5, 5.41) is 8.89. The number of hydrogen-bond acceptors (Lipinski definition) is 4. The van der Waals surface area contributed by atoms with Crippen LogP contribution in [-0.4, -0.2) is 13.4 Å². The van der Waals surface area contributed by atoms with Crippen LogP contribution in [0.3, 0.4) is 0 Å². The van der Waals surface area contributed by atoms with Crippen molar-refractivity contribution in [3.63, 3.8) is 0 Å². The van der Waals surface area contributed by atoms with Crippen LogP contribution < -0.4 is 4.72 Å². The van der Waals surface area contributed by atoms with Gasteiger partial charge in [-0.1, -0.05) is 17.7 Å². The van der Waals surface area contributed by atoms with Gasteiger partial charge in [0.2, 0.25) is 10.0 Å². The van der Waals surface area contributed by atoms with Crippen molar-refractivity contribution in [2.45, 2.75) is 18.4 Å². The van der Waals surface area contributed by atoms with Gasteiger partial charge >= 0.3 is 0 Å². The Morgan fingerprint density at radius 1 is 1.33 bits per heavy atom. The number of halogens is 1. The second kappa shape index (κ2) is 6.22. The largest absolute Gasteiger partial charge is 0.261 e. The van der Waals surface area contributed by atoms with Crippen LogP contribution in [0.5, 0.6) is 0 Å². The van der Waals surface area contributed by atoms with Crippen molar-refractivity contribution in [1.29, 1.82) is 5.26 Å². The molecule has 1 N–H and O–H groups in total. The van der Waals surface area contributed by atoms with Crippen LogP contribution in [0.15, 0.2) is 41.4 Å². The molecular weight excluding hydrogens is 310 g/mol. The molecule has 0 spiro atoms. The Balaban J connectivity index is 2.17. The second-order valence-electron chi connectivity index (χ2n) is 4.39. The van der Waals surface area contributed by atoms with Crippen molar-refractivity contribution in [2.24, 2.45) is 0 Å². The molecule has 1 aromatic heterocycles. The summed E-state index contributed by atoms with van der Waals surface area (Å²) in [5.74, 6) is 0. The quantitative estimate of drug-likeness (QED) is 0.937. The lowest BCUT2D eigenvalue weighted by Crippen LogP contribution is -2.23. The van der Waals surface area contributed by atoms with E-state index in [1.165, 1.54) is 18.2 Å². The molecule has 1 heterocycles. The van der Waals surface area contributed by atoms with Crippen LogP contribution >= 0.6 is 11.6 Å². The molecule has 7 heteroatoms. The monoisotopic (exact) mass is 321 g/mol. The maximum Gasteiger partial charge on any atom is 0.240 e. The Kier molecular flexibility index (Phi) is 4.58. The molecule has 0 radical (unpaired) electrons. The second-order valence-corrected chi connectivity index (χ2v) is 6.56. The van der Waals surface area contributed by atoms with Crippen molar-refractivity contribution >= 4 is 21.6 Å². The molecule has 0 atom stereocenters. The summed E-state index contributed by atoms with van der Waals surface area (Å²) in [6.07, 6.45) is 1.61. The van der Waals surface area contributed by atoms with Crippen LogP contribution in [0.1, 0.15) is 16.8 Å². The molecule has 0 bridgehead atoms. The molecule has 0 unspecified atom stereocenters. The summed E-state index contributed by atoms with van der Waals surface area (Å²) in [4.78, 5) is 4.12. The minimum atomic E-state index is -3.69. The Morgan fingerprint density at radius 2 is 2.10 bits per heavy atom. The summed E-state index contributed by atoms with van der Waals surface area (Å²) in [6, 6.07) is 9.48. The number of nitrogens with zero attached hydrogens (tertiary/aromatic N) is 2. The van der Waals surface area contributed by atoms with E-state index in [1.807, 2.05) is 19.1 Å². The zero-order valence-electron chi connectivity index (χ0n) is 11.2. The molecule has 5 nitrogen and oxygen atoms in total. The lowest BCUT2D eigenvalue weighted by molar-refractivity contribution is 0.581. The van der Waals surface area contributed by atoms with Gasteiger partial charge in [-0.25, -0.2) is 13.1 Å². The standard InChI is InChI=1S/C14H12ClN3O2S/c1-10-2-3-11(8-17-10)9-18-21(19,20)13-5-4-12(7-16)14(15)6-13/h2-6,8,18H,9H2,1H3. The minimum absolute atomic E-state index is 0.0200. The van der Waals surface area contributed by atoms with Gasteiger partial charge < -0.3 is 0 Å². The SMILES string of the molecule is Cc1ccc(CNS(=O)(=O)c2ccc(C#N)c(Cl)c2)cn1. The molecule has 0 aliphatic rings. The van der Waals surface area contributed by atoms with Gasteiger partial charge in [0.15, 0.2) is 0 Å². The summed E-state index contributed by atoms with van der Waals surface area (Å²) in [6.45, 7) is 1.99. The first kappa shape index (κ1) is 15.4. The minimum Gasteiger partial charge on any atom is -0.261 e. The molecule has 0 aliphatic heterocycles. The molecule has 2 rings (SSSR count). The number of nitrogens with one attached hydrogen (secondary N) is 1. The van der Waals surface area contributed by atoms with Gasteiger partial charge in [-0.15, -0.1) is 0 Å². The summed E-state index contributed by atoms with van der Waals surface area (Å²) in [5.41, 5.74) is 1.85. The van der Waals surface area contributed by atoms with Crippen molar-refractivity contribution in [2.75, 3.05) is 0 Å². The van der Waals surface area contributed by atoms with E-state index in [0.717, 1.165) is 11.3 Å². The Morgan fingerprint density at radius 3 is 2.67 bits per heavy atom. The lowest BCUT2D eigenvalue weighted by Gasteiger charge is -2.07. The number of hydrogen-bond donors (Lipinski definition) is 1. The average molecular weight is 322 g/mol. The summed E-state index contributed by atoms with van der Waals surface area (Å²) >= 11 is 5.85. The topological polar surface area (TPSA) is 82.9 Å². The number of pyridine rings is 1. The van der Waals surface area contributed by atoms with Gasteiger partial charge in [0.05, 0.1) is 15.5 Å². The van der Waals surface area contributed by atoms with Crippen LogP contribution in [0.2, 0.25) is 5.02 Å². The highest BCUT2D eigenvalue weighted by Gasteiger charge is 2.15. The van der Waals surface area contributed by atoms with E-state index in [-0.39, 0.29) is 22.0 Å². The predicted molar refractivity (Wildman–Crippen MR) is 79.2 cm³/mol. The zero-order chi connectivity index (χ0) is 15.5. The van der Waals surface area contributed by atoms with Gasteiger partial charge in [-0.2, -0.15) is 5.26 Å². The number of aryl methyl sites for hydroxylation is 1. The van der Waals surface area contributed by atoms with Crippen LogP contribution in [0.25, 0.3) is 0 Å². The van der Waals surface area contributed by atoms with E-state index in [4.69, 9.17) is 16.9 Å². The number of aromatic nitrogens is 1. The predicted octanol–water partition coefficient (Wildman–Crippen LogP) is 2.39. The molecular formula is C14H12ClN3O2S. The van der Waals surface area contributed by atoms with Crippen molar-refractivity contribution < 1.29 is 8.42 Å². The van der Waals surface area contributed by atoms with E-state index in [0.29, 0.717) is 0 Å². The van der Waals surface area contributed by atoms with E-state index in [9.17, 15) is 8.42 Å². The molecule has 21 heavy (non-hydrogen) atoms. The molecule has 0 saturated carbocycles. The first-order valence-corrected chi connectivity index (χ1v) is 7.89. The first-order valence-electron chi connectivity index (χ1n) is 6.03. The third kappa shape index (κ3) is 3.79.